The second kappa shape index (κ2) is 6.39. The van der Waals surface area contributed by atoms with Crippen LogP contribution in [0.5, 0.6) is 0 Å². The smallest absolute Gasteiger partial charge is 0.255 e. The van der Waals surface area contributed by atoms with Crippen molar-refractivity contribution in [1.29, 1.82) is 0 Å². The van der Waals surface area contributed by atoms with Crippen molar-refractivity contribution < 1.29 is 4.79 Å². The van der Waals surface area contributed by atoms with Gasteiger partial charge >= 0.3 is 0 Å². The first-order chi connectivity index (χ1) is 10.6. The molecule has 1 fully saturated rings. The average molecular weight is 362 g/mol. The summed E-state index contributed by atoms with van der Waals surface area (Å²) in [6.07, 6.45) is 3.27. The van der Waals surface area contributed by atoms with Crippen LogP contribution in [-0.4, -0.2) is 52.2 Å². The second-order valence-corrected chi connectivity index (χ2v) is 6.12. The van der Waals surface area contributed by atoms with Crippen LogP contribution >= 0.6 is 15.9 Å². The van der Waals surface area contributed by atoms with Crippen molar-refractivity contribution in [2.75, 3.05) is 31.1 Å². The van der Waals surface area contributed by atoms with E-state index in [0.717, 1.165) is 29.1 Å². The number of halogens is 1. The summed E-state index contributed by atoms with van der Waals surface area (Å²) < 4.78 is 0.812. The molecule has 0 atom stereocenters. The molecule has 1 saturated heterocycles. The number of piperazine rings is 1. The largest absolute Gasteiger partial charge is 0.352 e. The predicted octanol–water partition coefficient (Wildman–Crippen LogP) is 1.90. The first kappa shape index (κ1) is 14.9. The van der Waals surface area contributed by atoms with Crippen LogP contribution in [0.25, 0.3) is 0 Å². The first-order valence-electron chi connectivity index (χ1n) is 7.08. The molecule has 1 aliphatic rings. The average Bonchev–Trinajstić information content (AvgIpc) is 2.55. The molecule has 3 heterocycles. The SMILES string of the molecule is Cc1ccc(N2CCN(C(=O)c3cncc(Br)c3)CC2)nn1. The molecule has 0 aromatic carbocycles. The van der Waals surface area contributed by atoms with Gasteiger partial charge in [0, 0.05) is 43.0 Å². The maximum atomic E-state index is 12.5. The molecule has 0 unspecified atom stereocenters. The van der Waals surface area contributed by atoms with E-state index in [4.69, 9.17) is 0 Å². The summed E-state index contributed by atoms with van der Waals surface area (Å²) in [7, 11) is 0. The van der Waals surface area contributed by atoms with Crippen LogP contribution in [0.15, 0.2) is 35.1 Å². The van der Waals surface area contributed by atoms with E-state index in [1.807, 2.05) is 24.0 Å². The van der Waals surface area contributed by atoms with Crippen LogP contribution in [-0.2, 0) is 0 Å². The van der Waals surface area contributed by atoms with E-state index in [0.29, 0.717) is 18.7 Å². The Balaban J connectivity index is 1.64. The van der Waals surface area contributed by atoms with Crippen molar-refractivity contribution in [3.63, 3.8) is 0 Å². The third-order valence-electron chi connectivity index (χ3n) is 3.63. The number of aromatic nitrogens is 3. The number of hydrogen-bond acceptors (Lipinski definition) is 5. The molecule has 22 heavy (non-hydrogen) atoms. The van der Waals surface area contributed by atoms with Gasteiger partial charge < -0.3 is 9.80 Å². The van der Waals surface area contributed by atoms with E-state index in [-0.39, 0.29) is 5.91 Å². The summed E-state index contributed by atoms with van der Waals surface area (Å²) in [6.45, 7) is 4.76. The van der Waals surface area contributed by atoms with Crippen LogP contribution in [0.1, 0.15) is 16.1 Å². The fourth-order valence-corrected chi connectivity index (χ4v) is 2.78. The second-order valence-electron chi connectivity index (χ2n) is 5.20. The van der Waals surface area contributed by atoms with E-state index in [1.165, 1.54) is 0 Å². The number of nitrogens with zero attached hydrogens (tertiary/aromatic N) is 5. The summed E-state index contributed by atoms with van der Waals surface area (Å²) in [4.78, 5) is 20.5. The number of hydrogen-bond donors (Lipinski definition) is 0. The van der Waals surface area contributed by atoms with Crippen LogP contribution in [0, 0.1) is 6.92 Å². The molecular formula is C15H16BrN5O. The molecule has 1 aliphatic heterocycles. The Bertz CT molecular complexity index is 668. The van der Waals surface area contributed by atoms with Gasteiger partial charge in [-0.15, -0.1) is 5.10 Å². The highest BCUT2D eigenvalue weighted by Gasteiger charge is 2.23. The highest BCUT2D eigenvalue weighted by molar-refractivity contribution is 9.10. The zero-order valence-electron chi connectivity index (χ0n) is 12.2. The Hall–Kier alpha value is -2.02. The van der Waals surface area contributed by atoms with E-state index in [9.17, 15) is 4.79 Å². The lowest BCUT2D eigenvalue weighted by atomic mass is 10.2. The Morgan fingerprint density at radius 1 is 1.14 bits per heavy atom. The molecule has 1 amide bonds. The summed E-state index contributed by atoms with van der Waals surface area (Å²) in [5.74, 6) is 0.880. The first-order valence-corrected chi connectivity index (χ1v) is 7.88. The third-order valence-corrected chi connectivity index (χ3v) is 4.06. The molecule has 0 aliphatic carbocycles. The molecular weight excluding hydrogens is 346 g/mol. The normalized spacial score (nSPS) is 15.0. The Labute approximate surface area is 137 Å². The summed E-state index contributed by atoms with van der Waals surface area (Å²) in [5.41, 5.74) is 1.51. The lowest BCUT2D eigenvalue weighted by Gasteiger charge is -2.35. The van der Waals surface area contributed by atoms with Crippen LogP contribution in [0.2, 0.25) is 0 Å². The maximum absolute atomic E-state index is 12.5. The minimum Gasteiger partial charge on any atom is -0.352 e. The number of carbonyl (C=O) groups is 1. The van der Waals surface area contributed by atoms with E-state index >= 15 is 0 Å². The number of anilines is 1. The Morgan fingerprint density at radius 3 is 2.55 bits per heavy atom. The molecule has 3 rings (SSSR count). The van der Waals surface area contributed by atoms with E-state index in [1.54, 1.807) is 18.5 Å². The zero-order valence-corrected chi connectivity index (χ0v) is 13.8. The summed E-state index contributed by atoms with van der Waals surface area (Å²) >= 11 is 3.34. The van der Waals surface area contributed by atoms with Crippen molar-refractivity contribution in [3.8, 4) is 0 Å². The topological polar surface area (TPSA) is 62.2 Å². The number of pyridine rings is 1. The van der Waals surface area contributed by atoms with Gasteiger partial charge in [0.2, 0.25) is 0 Å². The van der Waals surface area contributed by atoms with E-state index in [2.05, 4.69) is 36.0 Å². The fourth-order valence-electron chi connectivity index (χ4n) is 2.41. The van der Waals surface area contributed by atoms with Gasteiger partial charge in [-0.1, -0.05) is 0 Å². The van der Waals surface area contributed by atoms with Gasteiger partial charge in [0.15, 0.2) is 5.82 Å². The molecule has 0 radical (unpaired) electrons. The van der Waals surface area contributed by atoms with Gasteiger partial charge in [-0.05, 0) is 41.1 Å². The molecule has 114 valence electrons. The Morgan fingerprint density at radius 2 is 1.91 bits per heavy atom. The number of carbonyl (C=O) groups excluding carboxylic acids is 1. The molecule has 7 heteroatoms. The molecule has 0 bridgehead atoms. The van der Waals surface area contributed by atoms with Gasteiger partial charge in [0.05, 0.1) is 11.3 Å². The van der Waals surface area contributed by atoms with Crippen molar-refractivity contribution in [1.82, 2.24) is 20.1 Å². The van der Waals surface area contributed by atoms with Crippen LogP contribution < -0.4 is 4.90 Å². The van der Waals surface area contributed by atoms with Gasteiger partial charge in [0.1, 0.15) is 0 Å². The van der Waals surface area contributed by atoms with Gasteiger partial charge in [-0.2, -0.15) is 5.10 Å². The maximum Gasteiger partial charge on any atom is 0.255 e. The lowest BCUT2D eigenvalue weighted by molar-refractivity contribution is 0.0746. The number of aryl methyl sites for hydroxylation is 1. The highest BCUT2D eigenvalue weighted by Crippen LogP contribution is 2.16. The van der Waals surface area contributed by atoms with Crippen LogP contribution in [0.4, 0.5) is 5.82 Å². The molecule has 2 aromatic rings. The van der Waals surface area contributed by atoms with Gasteiger partial charge in [-0.25, -0.2) is 0 Å². The quantitative estimate of drug-likeness (QED) is 0.817. The zero-order chi connectivity index (χ0) is 15.5. The fraction of sp³-hybridized carbons (Fsp3) is 0.333. The third kappa shape index (κ3) is 3.24. The van der Waals surface area contributed by atoms with Gasteiger partial charge in [-0.3, -0.25) is 9.78 Å². The number of amides is 1. The summed E-state index contributed by atoms with van der Waals surface area (Å²) in [5, 5.41) is 8.28. The minimum atomic E-state index is 0.0171. The standard InChI is InChI=1S/C15H16BrN5O/c1-11-2-3-14(19-18-11)20-4-6-21(7-5-20)15(22)12-8-13(16)10-17-9-12/h2-3,8-10H,4-7H2,1H3. The number of rotatable bonds is 2. The summed E-state index contributed by atoms with van der Waals surface area (Å²) in [6, 6.07) is 5.72. The van der Waals surface area contributed by atoms with Crippen molar-refractivity contribution in [2.45, 2.75) is 6.92 Å². The minimum absolute atomic E-state index is 0.0171. The van der Waals surface area contributed by atoms with Gasteiger partial charge in [0.25, 0.3) is 5.91 Å². The molecule has 0 saturated carbocycles. The highest BCUT2D eigenvalue weighted by atomic mass is 79.9. The predicted molar refractivity (Wildman–Crippen MR) is 86.8 cm³/mol. The van der Waals surface area contributed by atoms with Crippen LogP contribution in [0.3, 0.4) is 0 Å². The lowest BCUT2D eigenvalue weighted by Crippen LogP contribution is -2.49. The van der Waals surface area contributed by atoms with Crippen molar-refractivity contribution >= 4 is 27.7 Å². The van der Waals surface area contributed by atoms with Crippen molar-refractivity contribution in [3.05, 3.63) is 46.3 Å². The molecule has 6 nitrogen and oxygen atoms in total. The molecule has 0 N–H and O–H groups in total. The van der Waals surface area contributed by atoms with E-state index < -0.39 is 0 Å². The Kier molecular flexibility index (Phi) is 4.33. The molecule has 2 aromatic heterocycles. The van der Waals surface area contributed by atoms with Crippen molar-refractivity contribution in [2.24, 2.45) is 0 Å². The molecule has 0 spiro atoms. The monoisotopic (exact) mass is 361 g/mol.